The van der Waals surface area contributed by atoms with Gasteiger partial charge < -0.3 is 4.42 Å². The van der Waals surface area contributed by atoms with E-state index in [9.17, 15) is 0 Å². The van der Waals surface area contributed by atoms with Crippen LogP contribution in [0.5, 0.6) is 0 Å². The van der Waals surface area contributed by atoms with Crippen molar-refractivity contribution in [1.29, 1.82) is 5.26 Å². The molecule has 0 unspecified atom stereocenters. The fourth-order valence-corrected chi connectivity index (χ4v) is 4.22. The second-order valence-electron chi connectivity index (χ2n) is 7.59. The third-order valence-electron chi connectivity index (χ3n) is 5.76. The zero-order valence-electron chi connectivity index (χ0n) is 16.5. The third-order valence-corrected chi connectivity index (χ3v) is 5.76. The molecule has 6 aromatic rings. The number of rotatable bonds is 2. The van der Waals surface area contributed by atoms with Crippen molar-refractivity contribution in [1.82, 2.24) is 4.98 Å². The van der Waals surface area contributed by atoms with Crippen LogP contribution in [-0.2, 0) is 0 Å². The van der Waals surface area contributed by atoms with Gasteiger partial charge in [-0.15, -0.1) is 0 Å². The Morgan fingerprint density at radius 2 is 1.48 bits per heavy atom. The van der Waals surface area contributed by atoms with Gasteiger partial charge in [0.15, 0.2) is 0 Å². The maximum Gasteiger partial charge on any atom is 0.136 e. The number of benzene rings is 4. The lowest BCUT2D eigenvalue weighted by atomic mass is 9.99. The van der Waals surface area contributed by atoms with E-state index in [0.29, 0.717) is 5.56 Å². The highest BCUT2D eigenvalue weighted by Crippen LogP contribution is 2.36. The molecule has 0 amide bonds. The Balaban J connectivity index is 1.44. The SMILES string of the molecule is N#Cc1ccnc(-c2ccc(-c3ccc4c(c3)oc3ccc5ccccc5c34)cc2)c1. The average Bonchev–Trinajstić information content (AvgIpc) is 3.22. The van der Waals surface area contributed by atoms with Crippen LogP contribution in [0.25, 0.3) is 55.1 Å². The molecule has 31 heavy (non-hydrogen) atoms. The predicted octanol–water partition coefficient (Wildman–Crippen LogP) is 7.34. The lowest BCUT2D eigenvalue weighted by Gasteiger charge is -2.05. The van der Waals surface area contributed by atoms with Gasteiger partial charge in [0.1, 0.15) is 11.2 Å². The molecule has 2 aromatic heterocycles. The Morgan fingerprint density at radius 3 is 2.35 bits per heavy atom. The average molecular weight is 396 g/mol. The van der Waals surface area contributed by atoms with Gasteiger partial charge in [-0.05, 0) is 52.2 Å². The van der Waals surface area contributed by atoms with Gasteiger partial charge >= 0.3 is 0 Å². The Morgan fingerprint density at radius 1 is 0.677 bits per heavy atom. The minimum Gasteiger partial charge on any atom is -0.456 e. The lowest BCUT2D eigenvalue weighted by Crippen LogP contribution is -1.85. The molecule has 0 N–H and O–H groups in total. The smallest absolute Gasteiger partial charge is 0.136 e. The first kappa shape index (κ1) is 17.4. The second kappa shape index (κ2) is 6.83. The van der Waals surface area contributed by atoms with Gasteiger partial charge in [0.2, 0.25) is 0 Å². The van der Waals surface area contributed by atoms with E-state index in [1.807, 2.05) is 12.1 Å². The van der Waals surface area contributed by atoms with Gasteiger partial charge in [-0.25, -0.2) is 0 Å². The minimum absolute atomic E-state index is 0.608. The van der Waals surface area contributed by atoms with E-state index in [2.05, 4.69) is 77.8 Å². The third kappa shape index (κ3) is 2.86. The molecule has 0 spiro atoms. The molecule has 2 heterocycles. The first-order chi connectivity index (χ1) is 15.3. The molecule has 0 atom stereocenters. The van der Waals surface area contributed by atoms with Crippen LogP contribution >= 0.6 is 0 Å². The van der Waals surface area contributed by atoms with Crippen LogP contribution in [0, 0.1) is 11.3 Å². The summed E-state index contributed by atoms with van der Waals surface area (Å²) in [6.45, 7) is 0. The maximum atomic E-state index is 9.11. The highest BCUT2D eigenvalue weighted by Gasteiger charge is 2.11. The Bertz CT molecular complexity index is 1640. The summed E-state index contributed by atoms with van der Waals surface area (Å²) in [5.74, 6) is 0. The van der Waals surface area contributed by atoms with Crippen molar-refractivity contribution in [3.8, 4) is 28.5 Å². The van der Waals surface area contributed by atoms with Crippen LogP contribution in [-0.4, -0.2) is 4.98 Å². The number of furan rings is 1. The van der Waals surface area contributed by atoms with Crippen molar-refractivity contribution in [3.63, 3.8) is 0 Å². The Labute approximate surface area is 178 Å². The van der Waals surface area contributed by atoms with Crippen molar-refractivity contribution in [2.75, 3.05) is 0 Å². The number of pyridine rings is 1. The number of nitriles is 1. The van der Waals surface area contributed by atoms with Gasteiger partial charge in [0.25, 0.3) is 0 Å². The fraction of sp³-hybridized carbons (Fsp3) is 0. The van der Waals surface area contributed by atoms with Gasteiger partial charge in [-0.3, -0.25) is 4.98 Å². The molecule has 6 rings (SSSR count). The van der Waals surface area contributed by atoms with E-state index in [1.165, 1.54) is 16.2 Å². The molecular formula is C28H16N2O. The zero-order chi connectivity index (χ0) is 20.8. The van der Waals surface area contributed by atoms with Crippen molar-refractivity contribution < 1.29 is 4.42 Å². The largest absolute Gasteiger partial charge is 0.456 e. The van der Waals surface area contributed by atoms with E-state index >= 15 is 0 Å². The Kier molecular flexibility index (Phi) is 3.84. The van der Waals surface area contributed by atoms with E-state index < -0.39 is 0 Å². The molecular weight excluding hydrogens is 380 g/mol. The standard InChI is InChI=1S/C28H16N2O/c29-17-18-13-14-30-25(15-18)21-7-5-19(6-8-21)22-9-11-24-27(16-22)31-26-12-10-20-3-1-2-4-23(20)28(24)26/h1-16H. The Hall–Kier alpha value is -4.42. The summed E-state index contributed by atoms with van der Waals surface area (Å²) in [4.78, 5) is 4.38. The van der Waals surface area contributed by atoms with Crippen LogP contribution in [0.2, 0.25) is 0 Å². The second-order valence-corrected chi connectivity index (χ2v) is 7.59. The first-order valence-corrected chi connectivity index (χ1v) is 10.1. The molecule has 0 fully saturated rings. The van der Waals surface area contributed by atoms with Crippen LogP contribution in [0.1, 0.15) is 5.56 Å². The molecule has 3 nitrogen and oxygen atoms in total. The van der Waals surface area contributed by atoms with Crippen LogP contribution < -0.4 is 0 Å². The predicted molar refractivity (Wildman–Crippen MR) is 125 cm³/mol. The molecule has 4 aromatic carbocycles. The summed E-state index contributed by atoms with van der Waals surface area (Å²) in [6, 6.07) is 32.9. The fourth-order valence-electron chi connectivity index (χ4n) is 4.22. The van der Waals surface area contributed by atoms with Crippen molar-refractivity contribution in [2.45, 2.75) is 0 Å². The monoisotopic (exact) mass is 396 g/mol. The molecule has 0 saturated carbocycles. The molecule has 144 valence electrons. The lowest BCUT2D eigenvalue weighted by molar-refractivity contribution is 0.669. The van der Waals surface area contributed by atoms with E-state index in [1.54, 1.807) is 18.3 Å². The number of hydrogen-bond donors (Lipinski definition) is 0. The maximum absolute atomic E-state index is 9.11. The summed E-state index contributed by atoms with van der Waals surface area (Å²) >= 11 is 0. The van der Waals surface area contributed by atoms with Crippen molar-refractivity contribution in [3.05, 3.63) is 103 Å². The molecule has 0 aliphatic heterocycles. The summed E-state index contributed by atoms with van der Waals surface area (Å²) in [6.07, 6.45) is 1.67. The molecule has 0 bridgehead atoms. The van der Waals surface area contributed by atoms with Gasteiger partial charge in [-0.1, -0.05) is 60.7 Å². The molecule has 0 aliphatic rings. The first-order valence-electron chi connectivity index (χ1n) is 10.1. The van der Waals surface area contributed by atoms with E-state index in [-0.39, 0.29) is 0 Å². The molecule has 0 radical (unpaired) electrons. The minimum atomic E-state index is 0.608. The molecule has 0 saturated heterocycles. The van der Waals surface area contributed by atoms with E-state index in [0.717, 1.165) is 38.9 Å². The number of hydrogen-bond acceptors (Lipinski definition) is 3. The van der Waals surface area contributed by atoms with Gasteiger partial charge in [0.05, 0.1) is 17.3 Å². The summed E-state index contributed by atoms with van der Waals surface area (Å²) in [7, 11) is 0. The summed E-state index contributed by atoms with van der Waals surface area (Å²) < 4.78 is 6.20. The summed E-state index contributed by atoms with van der Waals surface area (Å²) in [5.41, 5.74) is 6.38. The normalized spacial score (nSPS) is 11.2. The van der Waals surface area contributed by atoms with Crippen molar-refractivity contribution in [2.24, 2.45) is 0 Å². The number of nitrogens with zero attached hydrogens (tertiary/aromatic N) is 2. The quantitative estimate of drug-likeness (QED) is 0.308. The topological polar surface area (TPSA) is 49.8 Å². The van der Waals surface area contributed by atoms with Gasteiger partial charge in [0, 0.05) is 22.5 Å². The highest BCUT2D eigenvalue weighted by atomic mass is 16.3. The molecule has 0 aliphatic carbocycles. The van der Waals surface area contributed by atoms with Crippen LogP contribution in [0.4, 0.5) is 0 Å². The highest BCUT2D eigenvalue weighted by molar-refractivity contribution is 6.19. The summed E-state index contributed by atoms with van der Waals surface area (Å²) in [5, 5.41) is 13.8. The van der Waals surface area contributed by atoms with Crippen LogP contribution in [0.3, 0.4) is 0 Å². The van der Waals surface area contributed by atoms with E-state index in [4.69, 9.17) is 9.68 Å². The number of fused-ring (bicyclic) bond motifs is 5. The number of aromatic nitrogens is 1. The molecule has 3 heteroatoms. The van der Waals surface area contributed by atoms with Gasteiger partial charge in [-0.2, -0.15) is 5.26 Å². The zero-order valence-corrected chi connectivity index (χ0v) is 16.5. The van der Waals surface area contributed by atoms with Crippen LogP contribution in [0.15, 0.2) is 102 Å². The van der Waals surface area contributed by atoms with Crippen molar-refractivity contribution >= 4 is 32.7 Å².